The summed E-state index contributed by atoms with van der Waals surface area (Å²) in [7, 11) is 2.12. The van der Waals surface area contributed by atoms with Crippen molar-refractivity contribution in [1.82, 2.24) is 14.3 Å². The topological polar surface area (TPSA) is 50.3 Å². The first-order chi connectivity index (χ1) is 8.45. The molecular weight excluding hydrogens is 248 g/mol. The number of rotatable bonds is 3. The number of morpholine rings is 1. The van der Waals surface area contributed by atoms with Crippen molar-refractivity contribution >= 4 is 16.7 Å². The maximum absolute atomic E-state index is 5.70. The summed E-state index contributed by atoms with van der Waals surface area (Å²) in [5, 5.41) is 4.21. The molecule has 0 aliphatic carbocycles. The summed E-state index contributed by atoms with van der Waals surface area (Å²) in [4.78, 5) is 6.80. The van der Waals surface area contributed by atoms with Gasteiger partial charge in [0.25, 0.3) is 0 Å². The minimum Gasteiger partial charge on any atom is -0.374 e. The third-order valence-electron chi connectivity index (χ3n) is 2.92. The average Bonchev–Trinajstić information content (AvgIpc) is 2.74. The van der Waals surface area contributed by atoms with E-state index in [4.69, 9.17) is 4.74 Å². The minimum absolute atomic E-state index is 0.0119. The summed E-state index contributed by atoms with van der Waals surface area (Å²) >= 11 is 1.42. The Kier molecular flexibility index (Phi) is 4.19. The second-order valence-electron chi connectivity index (χ2n) is 5.81. The van der Waals surface area contributed by atoms with Gasteiger partial charge in [0, 0.05) is 36.6 Å². The van der Waals surface area contributed by atoms with E-state index >= 15 is 0 Å². The summed E-state index contributed by atoms with van der Waals surface area (Å²) in [5.74, 6) is 0.900. The third-order valence-corrected chi connectivity index (χ3v) is 3.59. The van der Waals surface area contributed by atoms with Gasteiger partial charge in [-0.1, -0.05) is 20.8 Å². The highest BCUT2D eigenvalue weighted by molar-refractivity contribution is 7.09. The summed E-state index contributed by atoms with van der Waals surface area (Å²) in [6.45, 7) is 9.96. The molecule has 0 saturated carbocycles. The van der Waals surface area contributed by atoms with Gasteiger partial charge in [-0.3, -0.25) is 0 Å². The van der Waals surface area contributed by atoms with E-state index in [1.807, 2.05) is 0 Å². The largest absolute Gasteiger partial charge is 0.374 e. The van der Waals surface area contributed by atoms with Crippen LogP contribution in [0.5, 0.6) is 0 Å². The van der Waals surface area contributed by atoms with Crippen LogP contribution in [-0.4, -0.2) is 53.7 Å². The van der Waals surface area contributed by atoms with Crippen molar-refractivity contribution in [2.75, 3.05) is 38.6 Å². The maximum Gasteiger partial charge on any atom is 0.202 e. The average molecular weight is 270 g/mol. The lowest BCUT2D eigenvalue weighted by Gasteiger charge is -2.29. The fraction of sp³-hybridized carbons (Fsp3) is 0.833. The third kappa shape index (κ3) is 3.63. The van der Waals surface area contributed by atoms with Gasteiger partial charge >= 0.3 is 0 Å². The van der Waals surface area contributed by atoms with E-state index in [0.717, 1.165) is 37.2 Å². The lowest BCUT2D eigenvalue weighted by atomic mass is 9.96. The van der Waals surface area contributed by atoms with Crippen molar-refractivity contribution in [1.29, 1.82) is 0 Å². The molecule has 1 atom stereocenters. The number of hydrogen-bond donors (Lipinski definition) is 1. The standard InChI is InChI=1S/C12H22N4OS/c1-12(2,3)10-14-11(18-15-10)13-7-9-8-16(4)5-6-17-9/h9H,5-8H2,1-4H3,(H,13,14,15). The molecule has 0 amide bonds. The number of likely N-dealkylation sites (N-methyl/N-ethyl adjacent to an activating group) is 1. The number of nitrogens with zero attached hydrogens (tertiary/aromatic N) is 3. The van der Waals surface area contributed by atoms with Gasteiger partial charge in [0.05, 0.1) is 12.7 Å². The van der Waals surface area contributed by atoms with E-state index in [1.54, 1.807) is 0 Å². The Morgan fingerprint density at radius 1 is 1.50 bits per heavy atom. The lowest BCUT2D eigenvalue weighted by molar-refractivity contribution is -0.0117. The Morgan fingerprint density at radius 3 is 2.89 bits per heavy atom. The molecule has 6 heteroatoms. The SMILES string of the molecule is CN1CCOC(CNc2nc(C(C)(C)C)ns2)C1. The fourth-order valence-corrected chi connectivity index (χ4v) is 2.55. The van der Waals surface area contributed by atoms with Crippen LogP contribution in [0.25, 0.3) is 0 Å². The monoisotopic (exact) mass is 270 g/mol. The molecule has 0 bridgehead atoms. The predicted octanol–water partition coefficient (Wildman–Crippen LogP) is 1.58. The Balaban J connectivity index is 1.85. The molecule has 5 nitrogen and oxygen atoms in total. The van der Waals surface area contributed by atoms with E-state index in [1.165, 1.54) is 11.5 Å². The zero-order valence-corrected chi connectivity index (χ0v) is 12.4. The number of nitrogens with one attached hydrogen (secondary N) is 1. The second-order valence-corrected chi connectivity index (χ2v) is 6.56. The Morgan fingerprint density at radius 2 is 2.28 bits per heavy atom. The molecule has 2 heterocycles. The molecule has 102 valence electrons. The van der Waals surface area contributed by atoms with Crippen molar-refractivity contribution in [3.8, 4) is 0 Å². The molecule has 1 saturated heterocycles. The van der Waals surface area contributed by atoms with E-state index in [9.17, 15) is 0 Å². The van der Waals surface area contributed by atoms with Crippen LogP contribution in [0.15, 0.2) is 0 Å². The zero-order valence-electron chi connectivity index (χ0n) is 11.6. The van der Waals surface area contributed by atoms with E-state index in [-0.39, 0.29) is 11.5 Å². The highest BCUT2D eigenvalue weighted by Crippen LogP contribution is 2.22. The number of aromatic nitrogens is 2. The number of hydrogen-bond acceptors (Lipinski definition) is 6. The van der Waals surface area contributed by atoms with Gasteiger partial charge < -0.3 is 15.0 Å². The Hall–Kier alpha value is -0.720. The number of ether oxygens (including phenoxy) is 1. The number of anilines is 1. The highest BCUT2D eigenvalue weighted by Gasteiger charge is 2.21. The molecule has 1 fully saturated rings. The van der Waals surface area contributed by atoms with Crippen LogP contribution in [-0.2, 0) is 10.2 Å². The fourth-order valence-electron chi connectivity index (χ4n) is 1.79. The van der Waals surface area contributed by atoms with Crippen LogP contribution < -0.4 is 5.32 Å². The Bertz CT molecular complexity index is 388. The van der Waals surface area contributed by atoms with Crippen molar-refractivity contribution in [2.24, 2.45) is 0 Å². The van der Waals surface area contributed by atoms with Gasteiger partial charge in [0.2, 0.25) is 5.13 Å². The van der Waals surface area contributed by atoms with E-state index < -0.39 is 0 Å². The lowest BCUT2D eigenvalue weighted by Crippen LogP contribution is -2.43. The van der Waals surface area contributed by atoms with Crippen molar-refractivity contribution in [3.63, 3.8) is 0 Å². The van der Waals surface area contributed by atoms with Crippen LogP contribution in [0.2, 0.25) is 0 Å². The molecule has 1 unspecified atom stereocenters. The van der Waals surface area contributed by atoms with Crippen LogP contribution >= 0.6 is 11.5 Å². The molecular formula is C12H22N4OS. The molecule has 0 radical (unpaired) electrons. The van der Waals surface area contributed by atoms with Crippen molar-refractivity contribution in [3.05, 3.63) is 5.82 Å². The van der Waals surface area contributed by atoms with Crippen LogP contribution in [0.3, 0.4) is 0 Å². The second kappa shape index (κ2) is 5.50. The van der Waals surface area contributed by atoms with Gasteiger partial charge in [-0.2, -0.15) is 4.37 Å². The first-order valence-corrected chi connectivity index (χ1v) is 7.11. The van der Waals surface area contributed by atoms with Gasteiger partial charge in [-0.15, -0.1) is 0 Å². The van der Waals surface area contributed by atoms with Crippen molar-refractivity contribution < 1.29 is 4.74 Å². The molecule has 1 aromatic rings. The Labute approximate surface area is 113 Å². The summed E-state index contributed by atoms with van der Waals surface area (Å²) in [6.07, 6.45) is 0.241. The minimum atomic E-state index is 0.0119. The predicted molar refractivity (Wildman–Crippen MR) is 74.3 cm³/mol. The summed E-state index contributed by atoms with van der Waals surface area (Å²) < 4.78 is 10.1. The van der Waals surface area contributed by atoms with Gasteiger partial charge in [-0.05, 0) is 7.05 Å². The van der Waals surface area contributed by atoms with Crippen LogP contribution in [0, 0.1) is 0 Å². The van der Waals surface area contributed by atoms with E-state index in [0.29, 0.717) is 0 Å². The molecule has 1 aromatic heterocycles. The van der Waals surface area contributed by atoms with Crippen LogP contribution in [0.1, 0.15) is 26.6 Å². The first kappa shape index (κ1) is 13.7. The van der Waals surface area contributed by atoms with Crippen LogP contribution in [0.4, 0.5) is 5.13 Å². The normalized spacial score (nSPS) is 22.1. The van der Waals surface area contributed by atoms with Gasteiger partial charge in [-0.25, -0.2) is 4.98 Å². The first-order valence-electron chi connectivity index (χ1n) is 6.33. The molecule has 18 heavy (non-hydrogen) atoms. The van der Waals surface area contributed by atoms with Crippen molar-refractivity contribution in [2.45, 2.75) is 32.3 Å². The molecule has 0 spiro atoms. The molecule has 2 rings (SSSR count). The van der Waals surface area contributed by atoms with E-state index in [2.05, 4.69) is 47.4 Å². The molecule has 0 aromatic carbocycles. The maximum atomic E-state index is 5.70. The molecule has 1 aliphatic rings. The van der Waals surface area contributed by atoms with Gasteiger partial charge in [0.15, 0.2) is 0 Å². The molecule has 1 N–H and O–H groups in total. The highest BCUT2D eigenvalue weighted by atomic mass is 32.1. The smallest absolute Gasteiger partial charge is 0.202 e. The summed E-state index contributed by atoms with van der Waals surface area (Å²) in [6, 6.07) is 0. The van der Waals surface area contributed by atoms with Gasteiger partial charge in [0.1, 0.15) is 5.82 Å². The quantitative estimate of drug-likeness (QED) is 0.903. The summed E-state index contributed by atoms with van der Waals surface area (Å²) in [5.41, 5.74) is 0.0119. The molecule has 1 aliphatic heterocycles. The zero-order chi connectivity index (χ0) is 13.2.